The molecule has 2 aliphatic rings. The molecule has 0 amide bonds. The Morgan fingerprint density at radius 1 is 1.00 bits per heavy atom. The standard InChI is InChI=1S/C18H14O6/c19-17-13-6-15-16(7-14(13)18(20)24-17)23-12(10-22-15)9-21-8-11-4-2-1-3-5-11/h1-7,12H,8-10H2. The summed E-state index contributed by atoms with van der Waals surface area (Å²) in [5, 5.41) is 0. The van der Waals surface area contributed by atoms with E-state index in [1.54, 1.807) is 0 Å². The lowest BCUT2D eigenvalue weighted by Crippen LogP contribution is -2.33. The number of esters is 2. The van der Waals surface area contributed by atoms with Crippen LogP contribution in [0.1, 0.15) is 26.3 Å². The lowest BCUT2D eigenvalue weighted by molar-refractivity contribution is 0.00266. The Balaban J connectivity index is 1.42. The highest BCUT2D eigenvalue weighted by atomic mass is 16.6. The summed E-state index contributed by atoms with van der Waals surface area (Å²) < 4.78 is 21.7. The minimum absolute atomic E-state index is 0.202. The second-order valence-electron chi connectivity index (χ2n) is 5.57. The molecule has 0 N–H and O–H groups in total. The summed E-state index contributed by atoms with van der Waals surface area (Å²) in [6.45, 7) is 1.15. The van der Waals surface area contributed by atoms with Crippen molar-refractivity contribution in [2.45, 2.75) is 12.7 Å². The van der Waals surface area contributed by atoms with Crippen LogP contribution < -0.4 is 9.47 Å². The number of cyclic esters (lactones) is 2. The molecule has 24 heavy (non-hydrogen) atoms. The van der Waals surface area contributed by atoms with Crippen LogP contribution in [0.2, 0.25) is 0 Å². The quantitative estimate of drug-likeness (QED) is 0.634. The Morgan fingerprint density at radius 3 is 2.46 bits per heavy atom. The van der Waals surface area contributed by atoms with Gasteiger partial charge in [-0.1, -0.05) is 30.3 Å². The molecule has 0 bridgehead atoms. The molecule has 6 heteroatoms. The number of rotatable bonds is 4. The molecule has 1 unspecified atom stereocenters. The molecule has 0 spiro atoms. The van der Waals surface area contributed by atoms with E-state index in [1.807, 2.05) is 30.3 Å². The van der Waals surface area contributed by atoms with Crippen LogP contribution in [0.4, 0.5) is 0 Å². The van der Waals surface area contributed by atoms with E-state index >= 15 is 0 Å². The Morgan fingerprint density at radius 2 is 1.71 bits per heavy atom. The second-order valence-corrected chi connectivity index (χ2v) is 5.57. The van der Waals surface area contributed by atoms with Gasteiger partial charge in [-0.2, -0.15) is 0 Å². The van der Waals surface area contributed by atoms with Gasteiger partial charge in [0.15, 0.2) is 17.6 Å². The van der Waals surface area contributed by atoms with Crippen molar-refractivity contribution in [1.82, 2.24) is 0 Å². The van der Waals surface area contributed by atoms with Gasteiger partial charge in [0.05, 0.1) is 24.3 Å². The normalized spacial score (nSPS) is 18.2. The van der Waals surface area contributed by atoms with Gasteiger partial charge in [-0.15, -0.1) is 0 Å². The third-order valence-corrected chi connectivity index (χ3v) is 3.84. The van der Waals surface area contributed by atoms with Crippen LogP contribution in [0.25, 0.3) is 0 Å². The zero-order chi connectivity index (χ0) is 16.5. The highest BCUT2D eigenvalue weighted by Crippen LogP contribution is 2.37. The predicted octanol–water partition coefficient (Wildman–Crippen LogP) is 2.35. The summed E-state index contributed by atoms with van der Waals surface area (Å²) in [6, 6.07) is 12.8. The predicted molar refractivity (Wildman–Crippen MR) is 82.2 cm³/mol. The number of hydrogen-bond donors (Lipinski definition) is 0. The summed E-state index contributed by atoms with van der Waals surface area (Å²) in [6.07, 6.45) is -0.285. The molecule has 6 nitrogen and oxygen atoms in total. The van der Waals surface area contributed by atoms with Gasteiger partial charge < -0.3 is 18.9 Å². The number of hydrogen-bond acceptors (Lipinski definition) is 6. The number of carbonyl (C=O) groups is 2. The van der Waals surface area contributed by atoms with E-state index in [1.165, 1.54) is 12.1 Å². The van der Waals surface area contributed by atoms with Gasteiger partial charge in [-0.3, -0.25) is 0 Å². The fourth-order valence-electron chi connectivity index (χ4n) is 2.66. The van der Waals surface area contributed by atoms with Crippen molar-refractivity contribution >= 4 is 11.9 Å². The van der Waals surface area contributed by atoms with Crippen LogP contribution in [0, 0.1) is 0 Å². The molecule has 0 aliphatic carbocycles. The van der Waals surface area contributed by atoms with Crippen molar-refractivity contribution in [1.29, 1.82) is 0 Å². The zero-order valence-corrected chi connectivity index (χ0v) is 12.7. The topological polar surface area (TPSA) is 71.1 Å². The number of ether oxygens (including phenoxy) is 4. The molecule has 0 saturated carbocycles. The Bertz CT molecular complexity index is 799. The van der Waals surface area contributed by atoms with Gasteiger partial charge in [0.1, 0.15) is 6.61 Å². The molecule has 4 rings (SSSR count). The minimum atomic E-state index is -0.663. The second kappa shape index (κ2) is 5.98. The molecular formula is C18H14O6. The van der Waals surface area contributed by atoms with E-state index in [-0.39, 0.29) is 17.2 Å². The third-order valence-electron chi connectivity index (χ3n) is 3.84. The van der Waals surface area contributed by atoms with E-state index in [0.717, 1.165) is 5.56 Å². The maximum absolute atomic E-state index is 11.6. The van der Waals surface area contributed by atoms with Gasteiger partial charge in [-0.05, 0) is 17.7 Å². The van der Waals surface area contributed by atoms with Crippen LogP contribution in [0.15, 0.2) is 42.5 Å². The molecule has 0 fully saturated rings. The van der Waals surface area contributed by atoms with E-state index in [9.17, 15) is 9.59 Å². The van der Waals surface area contributed by atoms with Gasteiger partial charge in [0.25, 0.3) is 0 Å². The van der Waals surface area contributed by atoms with Gasteiger partial charge in [0.2, 0.25) is 0 Å². The molecule has 2 aromatic carbocycles. The summed E-state index contributed by atoms with van der Waals surface area (Å²) in [5.41, 5.74) is 1.49. The first-order chi connectivity index (χ1) is 11.7. The summed E-state index contributed by atoms with van der Waals surface area (Å²) >= 11 is 0. The van der Waals surface area contributed by atoms with Crippen LogP contribution in [-0.4, -0.2) is 31.3 Å². The Kier molecular flexibility index (Phi) is 3.66. The van der Waals surface area contributed by atoms with E-state index in [2.05, 4.69) is 4.74 Å². The largest absolute Gasteiger partial charge is 0.486 e. The molecule has 2 aliphatic heterocycles. The monoisotopic (exact) mass is 326 g/mol. The maximum Gasteiger partial charge on any atom is 0.347 e. The van der Waals surface area contributed by atoms with Gasteiger partial charge in [0, 0.05) is 0 Å². The smallest absolute Gasteiger partial charge is 0.347 e. The van der Waals surface area contributed by atoms with E-state index in [4.69, 9.17) is 14.2 Å². The molecule has 1 atom stereocenters. The van der Waals surface area contributed by atoms with Crippen molar-refractivity contribution in [3.05, 3.63) is 59.2 Å². The molecule has 122 valence electrons. The fraction of sp³-hybridized carbons (Fsp3) is 0.222. The maximum atomic E-state index is 11.6. The molecule has 2 aromatic rings. The molecule has 0 aromatic heterocycles. The van der Waals surface area contributed by atoms with Crippen LogP contribution in [0.3, 0.4) is 0 Å². The summed E-state index contributed by atoms with van der Waals surface area (Å²) in [4.78, 5) is 23.2. The van der Waals surface area contributed by atoms with Crippen LogP contribution >= 0.6 is 0 Å². The zero-order valence-electron chi connectivity index (χ0n) is 12.7. The highest BCUT2D eigenvalue weighted by Gasteiger charge is 2.33. The molecule has 0 saturated heterocycles. The first-order valence-corrected chi connectivity index (χ1v) is 7.56. The number of fused-ring (bicyclic) bond motifs is 2. The Hall–Kier alpha value is -2.86. The number of benzene rings is 2. The first kappa shape index (κ1) is 14.7. The van der Waals surface area contributed by atoms with Crippen molar-refractivity contribution in [3.8, 4) is 11.5 Å². The van der Waals surface area contributed by atoms with E-state index in [0.29, 0.717) is 31.3 Å². The number of carbonyl (C=O) groups excluding carboxylic acids is 2. The SMILES string of the molecule is O=C1OC(=O)c2cc3c(cc21)OCC(COCc1ccccc1)O3. The van der Waals surface area contributed by atoms with Gasteiger partial charge in [-0.25, -0.2) is 9.59 Å². The third kappa shape index (κ3) is 2.72. The Labute approximate surface area is 137 Å². The van der Waals surface area contributed by atoms with Crippen LogP contribution in [0.5, 0.6) is 11.5 Å². The molecular weight excluding hydrogens is 312 g/mol. The summed E-state index contributed by atoms with van der Waals surface area (Å²) in [7, 11) is 0. The lowest BCUT2D eigenvalue weighted by atomic mass is 10.1. The minimum Gasteiger partial charge on any atom is -0.486 e. The average molecular weight is 326 g/mol. The molecule has 0 radical (unpaired) electrons. The van der Waals surface area contributed by atoms with Crippen LogP contribution in [-0.2, 0) is 16.1 Å². The highest BCUT2D eigenvalue weighted by molar-refractivity contribution is 6.15. The van der Waals surface area contributed by atoms with Crippen molar-refractivity contribution in [3.63, 3.8) is 0 Å². The van der Waals surface area contributed by atoms with E-state index < -0.39 is 11.9 Å². The molecule has 2 heterocycles. The average Bonchev–Trinajstić information content (AvgIpc) is 2.88. The van der Waals surface area contributed by atoms with Gasteiger partial charge >= 0.3 is 11.9 Å². The summed E-state index contributed by atoms with van der Waals surface area (Å²) in [5.74, 6) is -0.474. The van der Waals surface area contributed by atoms with Crippen molar-refractivity contribution in [2.24, 2.45) is 0 Å². The van der Waals surface area contributed by atoms with Crippen molar-refractivity contribution in [2.75, 3.05) is 13.2 Å². The fourth-order valence-corrected chi connectivity index (χ4v) is 2.66. The first-order valence-electron chi connectivity index (χ1n) is 7.56. The lowest BCUT2D eigenvalue weighted by Gasteiger charge is -2.26. The van der Waals surface area contributed by atoms with Crippen molar-refractivity contribution < 1.29 is 28.5 Å².